The van der Waals surface area contributed by atoms with Crippen molar-refractivity contribution < 1.29 is 4.42 Å². The number of aryl methyl sites for hydroxylation is 3. The molecule has 0 fully saturated rings. The number of aromatic nitrogens is 2. The van der Waals surface area contributed by atoms with Crippen molar-refractivity contribution in [2.24, 2.45) is 7.05 Å². The first-order chi connectivity index (χ1) is 7.97. The van der Waals surface area contributed by atoms with Crippen LogP contribution in [0.25, 0.3) is 11.3 Å². The second-order valence-electron chi connectivity index (χ2n) is 4.40. The van der Waals surface area contributed by atoms with Gasteiger partial charge in [-0.15, -0.1) is 0 Å². The van der Waals surface area contributed by atoms with Crippen molar-refractivity contribution in [2.45, 2.75) is 34.1 Å². The third-order valence-electron chi connectivity index (χ3n) is 3.35. The minimum atomic E-state index is 0.736. The van der Waals surface area contributed by atoms with Crippen molar-refractivity contribution in [2.75, 3.05) is 5.73 Å². The molecule has 2 N–H and O–H groups in total. The van der Waals surface area contributed by atoms with Gasteiger partial charge < -0.3 is 10.2 Å². The predicted octanol–water partition coefficient (Wildman–Crippen LogP) is 2.75. The smallest absolute Gasteiger partial charge is 0.125 e. The zero-order valence-electron chi connectivity index (χ0n) is 11.1. The van der Waals surface area contributed by atoms with Crippen molar-refractivity contribution in [3.8, 4) is 11.3 Å². The summed E-state index contributed by atoms with van der Waals surface area (Å²) >= 11 is 0. The minimum absolute atomic E-state index is 0.736. The summed E-state index contributed by atoms with van der Waals surface area (Å²) in [7, 11) is 1.87. The molecule has 0 aliphatic heterocycles. The van der Waals surface area contributed by atoms with Gasteiger partial charge in [0.05, 0.1) is 0 Å². The maximum absolute atomic E-state index is 6.03. The number of nitrogens with zero attached hydrogens (tertiary/aromatic N) is 2. The topological polar surface area (TPSA) is 57.0 Å². The minimum Gasteiger partial charge on any atom is -0.466 e. The van der Waals surface area contributed by atoms with Gasteiger partial charge in [0.1, 0.15) is 23.0 Å². The summed E-state index contributed by atoms with van der Waals surface area (Å²) in [5.74, 6) is 2.59. The van der Waals surface area contributed by atoms with Crippen LogP contribution in [0.2, 0.25) is 0 Å². The van der Waals surface area contributed by atoms with E-state index in [1.807, 2.05) is 20.9 Å². The SMILES string of the molecule is CCc1c(-c2c(C)oc(C)c2C)nn(C)c1N. The highest BCUT2D eigenvalue weighted by Crippen LogP contribution is 2.34. The summed E-state index contributed by atoms with van der Waals surface area (Å²) in [6, 6.07) is 0. The normalized spacial score (nSPS) is 11.1. The van der Waals surface area contributed by atoms with E-state index in [-0.39, 0.29) is 0 Å². The Morgan fingerprint density at radius 3 is 2.35 bits per heavy atom. The van der Waals surface area contributed by atoms with Crippen molar-refractivity contribution in [3.05, 3.63) is 22.6 Å². The summed E-state index contributed by atoms with van der Waals surface area (Å²) in [5, 5.41) is 4.52. The van der Waals surface area contributed by atoms with E-state index in [0.29, 0.717) is 0 Å². The van der Waals surface area contributed by atoms with Gasteiger partial charge in [-0.1, -0.05) is 6.92 Å². The standard InChI is InChI=1S/C13H19N3O/c1-6-10-12(15-16(5)13(10)14)11-7(2)8(3)17-9(11)4/h6,14H2,1-5H3. The van der Waals surface area contributed by atoms with Gasteiger partial charge in [-0.05, 0) is 32.8 Å². The lowest BCUT2D eigenvalue weighted by Gasteiger charge is -2.00. The number of nitrogen functional groups attached to an aromatic ring is 1. The van der Waals surface area contributed by atoms with Crippen LogP contribution in [0.15, 0.2) is 4.42 Å². The molecule has 0 aromatic carbocycles. The van der Waals surface area contributed by atoms with E-state index >= 15 is 0 Å². The Kier molecular flexibility index (Phi) is 2.73. The average molecular weight is 233 g/mol. The van der Waals surface area contributed by atoms with Crippen LogP contribution >= 0.6 is 0 Å². The number of hydrogen-bond acceptors (Lipinski definition) is 3. The Morgan fingerprint density at radius 1 is 1.24 bits per heavy atom. The van der Waals surface area contributed by atoms with E-state index in [9.17, 15) is 0 Å². The number of nitrogens with two attached hydrogens (primary N) is 1. The molecule has 92 valence electrons. The van der Waals surface area contributed by atoms with Gasteiger partial charge in [-0.3, -0.25) is 4.68 Å². The first-order valence-corrected chi connectivity index (χ1v) is 5.85. The van der Waals surface area contributed by atoms with E-state index in [2.05, 4.69) is 18.9 Å². The highest BCUT2D eigenvalue weighted by molar-refractivity contribution is 5.73. The molecule has 0 bridgehead atoms. The van der Waals surface area contributed by atoms with Gasteiger partial charge in [-0.25, -0.2) is 0 Å². The molecule has 0 amide bonds. The molecule has 0 saturated carbocycles. The van der Waals surface area contributed by atoms with Crippen LogP contribution in [0.5, 0.6) is 0 Å². The van der Waals surface area contributed by atoms with Crippen LogP contribution in [0, 0.1) is 20.8 Å². The number of rotatable bonds is 2. The van der Waals surface area contributed by atoms with Crippen LogP contribution < -0.4 is 5.73 Å². The van der Waals surface area contributed by atoms with Crippen molar-refractivity contribution in [1.82, 2.24) is 9.78 Å². The molecule has 0 radical (unpaired) electrons. The highest BCUT2D eigenvalue weighted by atomic mass is 16.3. The molecule has 2 rings (SSSR count). The Labute approximate surface area is 101 Å². The summed E-state index contributed by atoms with van der Waals surface area (Å²) in [5.41, 5.74) is 10.3. The molecule has 0 spiro atoms. The van der Waals surface area contributed by atoms with Gasteiger partial charge in [0, 0.05) is 18.2 Å². The predicted molar refractivity (Wildman–Crippen MR) is 68.9 cm³/mol. The van der Waals surface area contributed by atoms with Gasteiger partial charge in [0.25, 0.3) is 0 Å². The average Bonchev–Trinajstić information content (AvgIpc) is 2.67. The van der Waals surface area contributed by atoms with E-state index in [1.54, 1.807) is 4.68 Å². The molecule has 2 heterocycles. The molecule has 2 aromatic rings. The van der Waals surface area contributed by atoms with Crippen LogP contribution in [0.3, 0.4) is 0 Å². The van der Waals surface area contributed by atoms with Crippen molar-refractivity contribution in [1.29, 1.82) is 0 Å². The lowest BCUT2D eigenvalue weighted by Crippen LogP contribution is -1.98. The van der Waals surface area contributed by atoms with E-state index in [0.717, 1.165) is 46.1 Å². The van der Waals surface area contributed by atoms with Crippen molar-refractivity contribution >= 4 is 5.82 Å². The molecule has 17 heavy (non-hydrogen) atoms. The zero-order chi connectivity index (χ0) is 12.7. The molecule has 2 aromatic heterocycles. The number of furan rings is 1. The summed E-state index contributed by atoms with van der Waals surface area (Å²) in [6.07, 6.45) is 0.873. The Balaban J connectivity index is 2.72. The van der Waals surface area contributed by atoms with Crippen molar-refractivity contribution in [3.63, 3.8) is 0 Å². The monoisotopic (exact) mass is 233 g/mol. The van der Waals surface area contributed by atoms with Crippen LogP contribution in [0.1, 0.15) is 29.6 Å². The fourth-order valence-electron chi connectivity index (χ4n) is 2.27. The number of hydrogen-bond donors (Lipinski definition) is 1. The van der Waals surface area contributed by atoms with E-state index < -0.39 is 0 Å². The Morgan fingerprint density at radius 2 is 1.88 bits per heavy atom. The Hall–Kier alpha value is -1.71. The van der Waals surface area contributed by atoms with Gasteiger partial charge in [0.2, 0.25) is 0 Å². The first kappa shape index (κ1) is 11.8. The van der Waals surface area contributed by atoms with Gasteiger partial charge >= 0.3 is 0 Å². The fourth-order valence-corrected chi connectivity index (χ4v) is 2.27. The highest BCUT2D eigenvalue weighted by Gasteiger charge is 2.21. The third-order valence-corrected chi connectivity index (χ3v) is 3.35. The molecule has 4 nitrogen and oxygen atoms in total. The fraction of sp³-hybridized carbons (Fsp3) is 0.462. The second-order valence-corrected chi connectivity index (χ2v) is 4.40. The van der Waals surface area contributed by atoms with Crippen LogP contribution in [0.4, 0.5) is 5.82 Å². The lowest BCUT2D eigenvalue weighted by molar-refractivity contribution is 0.503. The maximum Gasteiger partial charge on any atom is 0.125 e. The largest absolute Gasteiger partial charge is 0.466 e. The van der Waals surface area contributed by atoms with E-state index in [1.165, 1.54) is 0 Å². The van der Waals surface area contributed by atoms with Gasteiger partial charge in [-0.2, -0.15) is 5.10 Å². The van der Waals surface area contributed by atoms with Crippen LogP contribution in [-0.2, 0) is 13.5 Å². The molecular weight excluding hydrogens is 214 g/mol. The lowest BCUT2D eigenvalue weighted by atomic mass is 10.0. The first-order valence-electron chi connectivity index (χ1n) is 5.85. The van der Waals surface area contributed by atoms with E-state index in [4.69, 9.17) is 10.2 Å². The second kappa shape index (κ2) is 3.95. The number of anilines is 1. The third kappa shape index (κ3) is 1.64. The molecule has 0 aliphatic rings. The Bertz CT molecular complexity index is 564. The molecular formula is C13H19N3O. The molecule has 4 heteroatoms. The van der Waals surface area contributed by atoms with Gasteiger partial charge in [0.15, 0.2) is 0 Å². The molecule has 0 saturated heterocycles. The maximum atomic E-state index is 6.03. The zero-order valence-corrected chi connectivity index (χ0v) is 11.1. The summed E-state index contributed by atoms with van der Waals surface area (Å²) in [6.45, 7) is 8.10. The molecule has 0 unspecified atom stereocenters. The summed E-state index contributed by atoms with van der Waals surface area (Å²) in [4.78, 5) is 0. The quantitative estimate of drug-likeness (QED) is 0.867. The molecule has 0 aliphatic carbocycles. The van der Waals surface area contributed by atoms with Crippen LogP contribution in [-0.4, -0.2) is 9.78 Å². The summed E-state index contributed by atoms with van der Waals surface area (Å²) < 4.78 is 7.39. The molecule has 0 atom stereocenters.